The summed E-state index contributed by atoms with van der Waals surface area (Å²) in [7, 11) is 0. The van der Waals surface area contributed by atoms with Gasteiger partial charge in [0.2, 0.25) is 0 Å². The van der Waals surface area contributed by atoms with Crippen molar-refractivity contribution in [3.05, 3.63) is 44.9 Å². The number of ether oxygens (including phenoxy) is 2. The molecule has 6 heteroatoms. The number of hydrogen-bond acceptors (Lipinski definition) is 4. The third kappa shape index (κ3) is 3.21. The van der Waals surface area contributed by atoms with Crippen LogP contribution in [0.15, 0.2) is 28.0 Å². The second-order valence-corrected chi connectivity index (χ2v) is 7.88. The number of nitrogens with zero attached hydrogens (tertiary/aromatic N) is 2. The van der Waals surface area contributed by atoms with Gasteiger partial charge in [-0.25, -0.2) is 4.98 Å². The molecule has 26 heavy (non-hydrogen) atoms. The Labute approximate surface area is 161 Å². The van der Waals surface area contributed by atoms with Gasteiger partial charge in [0.1, 0.15) is 11.6 Å². The Morgan fingerprint density at radius 3 is 2.73 bits per heavy atom. The molecule has 2 heterocycles. The molecule has 0 atom stereocenters. The van der Waals surface area contributed by atoms with E-state index < -0.39 is 0 Å². The van der Waals surface area contributed by atoms with Crippen molar-refractivity contribution in [2.24, 2.45) is 0 Å². The van der Waals surface area contributed by atoms with Crippen LogP contribution < -0.4 is 5.56 Å². The summed E-state index contributed by atoms with van der Waals surface area (Å²) in [5.41, 5.74) is 1.52. The molecule has 0 spiro atoms. The van der Waals surface area contributed by atoms with Crippen LogP contribution >= 0.6 is 15.9 Å². The number of halogens is 1. The fourth-order valence-electron chi connectivity index (χ4n) is 3.68. The van der Waals surface area contributed by atoms with Crippen LogP contribution in [0.2, 0.25) is 0 Å². The van der Waals surface area contributed by atoms with Crippen molar-refractivity contribution in [2.75, 3.05) is 19.8 Å². The van der Waals surface area contributed by atoms with Crippen molar-refractivity contribution in [1.29, 1.82) is 0 Å². The van der Waals surface area contributed by atoms with Crippen LogP contribution in [0, 0.1) is 0 Å². The smallest absolute Gasteiger partial charge is 0.261 e. The minimum Gasteiger partial charge on any atom is -0.494 e. The molecule has 2 aliphatic rings. The quantitative estimate of drug-likeness (QED) is 0.675. The van der Waals surface area contributed by atoms with Gasteiger partial charge in [-0.05, 0) is 44.7 Å². The van der Waals surface area contributed by atoms with Crippen LogP contribution in [0.1, 0.15) is 56.0 Å². The van der Waals surface area contributed by atoms with E-state index in [1.54, 1.807) is 0 Å². The molecule has 4 rings (SSSR count). The van der Waals surface area contributed by atoms with E-state index in [4.69, 9.17) is 14.5 Å². The highest BCUT2D eigenvalue weighted by Gasteiger charge is 2.32. The largest absolute Gasteiger partial charge is 0.494 e. The van der Waals surface area contributed by atoms with Gasteiger partial charge in [-0.15, -0.1) is 0 Å². The summed E-state index contributed by atoms with van der Waals surface area (Å²) in [6.07, 6.45) is 3.91. The van der Waals surface area contributed by atoms with Gasteiger partial charge >= 0.3 is 0 Å². The maximum Gasteiger partial charge on any atom is 0.261 e. The molecule has 2 fully saturated rings. The summed E-state index contributed by atoms with van der Waals surface area (Å²) in [5.74, 6) is 1.72. The van der Waals surface area contributed by atoms with Gasteiger partial charge in [-0.2, -0.15) is 0 Å². The summed E-state index contributed by atoms with van der Waals surface area (Å²) in [6.45, 7) is 7.93. The highest BCUT2D eigenvalue weighted by atomic mass is 79.9. The van der Waals surface area contributed by atoms with Crippen molar-refractivity contribution < 1.29 is 9.47 Å². The molecule has 0 radical (unpaired) electrons. The topological polar surface area (TPSA) is 53.4 Å². The van der Waals surface area contributed by atoms with Gasteiger partial charge in [-0.3, -0.25) is 9.36 Å². The van der Waals surface area contributed by atoms with Crippen LogP contribution in [0.25, 0.3) is 16.7 Å². The molecule has 1 aliphatic heterocycles. The van der Waals surface area contributed by atoms with Gasteiger partial charge in [-0.1, -0.05) is 22.5 Å². The lowest BCUT2D eigenvalue weighted by atomic mass is 9.98. The molecular formula is C20H23BrN2O3. The maximum atomic E-state index is 13.4. The zero-order valence-electron chi connectivity index (χ0n) is 15.0. The molecule has 1 aliphatic carbocycles. The normalized spacial score (nSPS) is 18.2. The predicted octanol–water partition coefficient (Wildman–Crippen LogP) is 4.40. The minimum absolute atomic E-state index is 0.0471. The fourth-order valence-corrected chi connectivity index (χ4v) is 4.14. The van der Waals surface area contributed by atoms with Gasteiger partial charge in [0, 0.05) is 35.2 Å². The van der Waals surface area contributed by atoms with E-state index >= 15 is 0 Å². The third-order valence-electron chi connectivity index (χ3n) is 5.11. The molecule has 2 aromatic rings. The Morgan fingerprint density at radius 2 is 2.08 bits per heavy atom. The van der Waals surface area contributed by atoms with E-state index in [2.05, 4.69) is 22.5 Å². The maximum absolute atomic E-state index is 13.4. The molecule has 0 N–H and O–H groups in total. The van der Waals surface area contributed by atoms with Gasteiger partial charge in [0.25, 0.3) is 5.56 Å². The van der Waals surface area contributed by atoms with Crippen LogP contribution in [0.3, 0.4) is 0 Å². The van der Waals surface area contributed by atoms with Crippen LogP contribution in [-0.2, 0) is 9.47 Å². The Morgan fingerprint density at radius 1 is 1.35 bits per heavy atom. The molecule has 1 saturated heterocycles. The molecule has 0 bridgehead atoms. The Balaban J connectivity index is 1.96. The monoisotopic (exact) mass is 418 g/mol. The predicted molar refractivity (Wildman–Crippen MR) is 105 cm³/mol. The lowest BCUT2D eigenvalue weighted by molar-refractivity contribution is 0.0825. The summed E-state index contributed by atoms with van der Waals surface area (Å²) < 4.78 is 13.9. The Kier molecular flexibility index (Phi) is 4.88. The van der Waals surface area contributed by atoms with E-state index in [1.165, 1.54) is 0 Å². The van der Waals surface area contributed by atoms with Crippen molar-refractivity contribution in [3.8, 4) is 0 Å². The standard InChI is InChI=1S/C20H23BrN2O3/c1-3-26-12(2)16-10-14(21)11-17-18(16)22-19(13-6-8-25-9-7-13)23(20(17)24)15-4-5-15/h10-11,13,15H,2-9H2,1H3. The van der Waals surface area contributed by atoms with Gasteiger partial charge in [0.15, 0.2) is 0 Å². The number of fused-ring (bicyclic) bond motifs is 1. The second-order valence-electron chi connectivity index (χ2n) is 6.97. The first-order valence-corrected chi connectivity index (χ1v) is 10.0. The SMILES string of the molecule is C=C(OCC)c1cc(Br)cc2c(=O)n(C3CC3)c(C3CCOCC3)nc12. The number of aromatic nitrogens is 2. The van der Waals surface area contributed by atoms with E-state index in [1.807, 2.05) is 23.6 Å². The average Bonchev–Trinajstić information content (AvgIpc) is 3.47. The second kappa shape index (κ2) is 7.16. The van der Waals surface area contributed by atoms with Gasteiger partial charge in [0.05, 0.1) is 17.5 Å². The van der Waals surface area contributed by atoms with Gasteiger partial charge < -0.3 is 9.47 Å². The molecule has 1 aromatic heterocycles. The fraction of sp³-hybridized carbons (Fsp3) is 0.500. The highest BCUT2D eigenvalue weighted by molar-refractivity contribution is 9.10. The average molecular weight is 419 g/mol. The number of benzene rings is 1. The van der Waals surface area contributed by atoms with E-state index in [0.29, 0.717) is 23.3 Å². The molecule has 1 saturated carbocycles. The zero-order valence-corrected chi connectivity index (χ0v) is 16.5. The summed E-state index contributed by atoms with van der Waals surface area (Å²) in [5, 5.41) is 0.623. The van der Waals surface area contributed by atoms with E-state index in [9.17, 15) is 4.79 Å². The Hall–Kier alpha value is -1.66. The zero-order chi connectivity index (χ0) is 18.3. The molecule has 1 aromatic carbocycles. The minimum atomic E-state index is 0.0471. The molecular weight excluding hydrogens is 396 g/mol. The molecule has 138 valence electrons. The van der Waals surface area contributed by atoms with Crippen LogP contribution in [-0.4, -0.2) is 29.4 Å². The molecule has 5 nitrogen and oxygen atoms in total. The van der Waals surface area contributed by atoms with Crippen molar-refractivity contribution in [3.63, 3.8) is 0 Å². The number of rotatable bonds is 5. The third-order valence-corrected chi connectivity index (χ3v) is 5.57. The van der Waals surface area contributed by atoms with Crippen LogP contribution in [0.4, 0.5) is 0 Å². The van der Waals surface area contributed by atoms with Crippen molar-refractivity contribution >= 4 is 32.6 Å². The lowest BCUT2D eigenvalue weighted by Gasteiger charge is -2.25. The first kappa shape index (κ1) is 17.7. The lowest BCUT2D eigenvalue weighted by Crippen LogP contribution is -2.29. The first-order chi connectivity index (χ1) is 12.6. The van der Waals surface area contributed by atoms with Crippen molar-refractivity contribution in [1.82, 2.24) is 9.55 Å². The van der Waals surface area contributed by atoms with E-state index in [-0.39, 0.29) is 17.5 Å². The first-order valence-electron chi connectivity index (χ1n) is 9.25. The van der Waals surface area contributed by atoms with Crippen LogP contribution in [0.5, 0.6) is 0 Å². The summed E-state index contributed by atoms with van der Waals surface area (Å²) in [4.78, 5) is 18.4. The van der Waals surface area contributed by atoms with Crippen molar-refractivity contribution in [2.45, 2.75) is 44.6 Å². The number of hydrogen-bond donors (Lipinski definition) is 0. The van der Waals surface area contributed by atoms with E-state index in [0.717, 1.165) is 54.8 Å². The molecule has 0 unspecified atom stereocenters. The summed E-state index contributed by atoms with van der Waals surface area (Å²) in [6, 6.07) is 4.08. The highest BCUT2D eigenvalue weighted by Crippen LogP contribution is 2.38. The summed E-state index contributed by atoms with van der Waals surface area (Å²) >= 11 is 3.52. The Bertz CT molecular complexity index is 911. The molecule has 0 amide bonds.